The van der Waals surface area contributed by atoms with Crippen molar-refractivity contribution in [1.29, 1.82) is 0 Å². The van der Waals surface area contributed by atoms with E-state index in [2.05, 4.69) is 5.10 Å². The number of hydrogen-bond donors (Lipinski definition) is 1. The highest BCUT2D eigenvalue weighted by Crippen LogP contribution is 2.26. The van der Waals surface area contributed by atoms with Crippen molar-refractivity contribution in [2.24, 2.45) is 5.10 Å². The van der Waals surface area contributed by atoms with Crippen molar-refractivity contribution in [2.45, 2.75) is 19.4 Å². The molecule has 1 amide bonds. The van der Waals surface area contributed by atoms with Crippen LogP contribution in [0.5, 0.6) is 0 Å². The summed E-state index contributed by atoms with van der Waals surface area (Å²) in [5, 5.41) is 14.6. The fourth-order valence-electron chi connectivity index (χ4n) is 1.71. The van der Waals surface area contributed by atoms with Crippen LogP contribution < -0.4 is 0 Å². The average molecular weight is 301 g/mol. The van der Waals surface area contributed by atoms with Crippen molar-refractivity contribution >= 4 is 40.8 Å². The van der Waals surface area contributed by atoms with Gasteiger partial charge in [0.15, 0.2) is 0 Å². The smallest absolute Gasteiger partial charge is 0.352 e. The molecule has 1 aromatic carbocycles. The lowest BCUT2D eigenvalue weighted by Gasteiger charge is -2.23. The SMILES string of the molecule is O=C(O)C1=NN(Cc2c(Cl)cccc2Cl)C(=O)CC1. The van der Waals surface area contributed by atoms with E-state index in [1.165, 1.54) is 0 Å². The van der Waals surface area contributed by atoms with Gasteiger partial charge in [0, 0.05) is 28.5 Å². The molecule has 7 heteroatoms. The minimum atomic E-state index is -1.12. The predicted molar refractivity (Wildman–Crippen MR) is 71.3 cm³/mol. The van der Waals surface area contributed by atoms with E-state index in [4.69, 9.17) is 28.3 Å². The van der Waals surface area contributed by atoms with Crippen LogP contribution in [0.25, 0.3) is 0 Å². The van der Waals surface area contributed by atoms with Crippen LogP contribution in [-0.4, -0.2) is 27.7 Å². The van der Waals surface area contributed by atoms with E-state index in [1.54, 1.807) is 18.2 Å². The van der Waals surface area contributed by atoms with Crippen molar-refractivity contribution < 1.29 is 14.7 Å². The van der Waals surface area contributed by atoms with Gasteiger partial charge in [-0.25, -0.2) is 9.80 Å². The summed E-state index contributed by atoms with van der Waals surface area (Å²) < 4.78 is 0. The van der Waals surface area contributed by atoms with Crippen LogP contribution in [0.4, 0.5) is 0 Å². The van der Waals surface area contributed by atoms with Gasteiger partial charge in [0.2, 0.25) is 5.91 Å². The molecular formula is C12H10Cl2N2O3. The Balaban J connectivity index is 2.29. The maximum absolute atomic E-state index is 11.7. The van der Waals surface area contributed by atoms with Gasteiger partial charge in [-0.3, -0.25) is 4.79 Å². The van der Waals surface area contributed by atoms with E-state index in [1.807, 2.05) is 0 Å². The Morgan fingerprint density at radius 1 is 1.32 bits per heavy atom. The Hall–Kier alpha value is -1.59. The number of rotatable bonds is 3. The van der Waals surface area contributed by atoms with E-state index in [0.717, 1.165) is 5.01 Å². The fraction of sp³-hybridized carbons (Fsp3) is 0.250. The molecule has 1 aliphatic heterocycles. The minimum Gasteiger partial charge on any atom is -0.477 e. The summed E-state index contributed by atoms with van der Waals surface area (Å²) in [5.74, 6) is -1.37. The molecule has 0 atom stereocenters. The Bertz CT molecular complexity index is 552. The standard InChI is InChI=1S/C12H10Cl2N2O3/c13-8-2-1-3-9(14)7(8)6-16-11(17)5-4-10(15-16)12(18)19/h1-3H,4-6H2,(H,18,19). The van der Waals surface area contributed by atoms with Crippen LogP contribution in [0.1, 0.15) is 18.4 Å². The van der Waals surface area contributed by atoms with Crippen LogP contribution >= 0.6 is 23.2 Å². The average Bonchev–Trinajstić information content (AvgIpc) is 2.35. The van der Waals surface area contributed by atoms with E-state index in [-0.39, 0.29) is 31.0 Å². The maximum atomic E-state index is 11.7. The van der Waals surface area contributed by atoms with Crippen LogP contribution in [-0.2, 0) is 16.1 Å². The molecule has 1 aromatic rings. The molecule has 0 spiro atoms. The number of nitrogens with zero attached hydrogens (tertiary/aromatic N) is 2. The molecule has 1 N–H and O–H groups in total. The molecule has 0 saturated carbocycles. The molecule has 0 radical (unpaired) electrons. The number of carbonyl (C=O) groups excluding carboxylic acids is 1. The molecule has 5 nitrogen and oxygen atoms in total. The lowest BCUT2D eigenvalue weighted by Crippen LogP contribution is -2.34. The largest absolute Gasteiger partial charge is 0.477 e. The third-order valence-electron chi connectivity index (χ3n) is 2.72. The van der Waals surface area contributed by atoms with Gasteiger partial charge < -0.3 is 5.11 Å². The zero-order valence-corrected chi connectivity index (χ0v) is 11.3. The molecular weight excluding hydrogens is 291 g/mol. The molecule has 100 valence electrons. The van der Waals surface area contributed by atoms with E-state index in [9.17, 15) is 9.59 Å². The Labute approximate surface area is 119 Å². The van der Waals surface area contributed by atoms with Crippen LogP contribution in [0, 0.1) is 0 Å². The molecule has 0 unspecified atom stereocenters. The zero-order chi connectivity index (χ0) is 14.0. The second-order valence-corrected chi connectivity index (χ2v) is 4.82. The normalized spacial score (nSPS) is 15.4. The first kappa shape index (κ1) is 13.8. The third-order valence-corrected chi connectivity index (χ3v) is 3.43. The number of halogens is 2. The number of hydrogen-bond acceptors (Lipinski definition) is 3. The zero-order valence-electron chi connectivity index (χ0n) is 9.77. The van der Waals surface area contributed by atoms with Crippen molar-refractivity contribution in [1.82, 2.24) is 5.01 Å². The molecule has 0 saturated heterocycles. The molecule has 1 heterocycles. The van der Waals surface area contributed by atoms with Crippen molar-refractivity contribution in [3.8, 4) is 0 Å². The van der Waals surface area contributed by atoms with Gasteiger partial charge in [-0.1, -0.05) is 29.3 Å². The monoisotopic (exact) mass is 300 g/mol. The first-order chi connectivity index (χ1) is 8.99. The van der Waals surface area contributed by atoms with E-state index >= 15 is 0 Å². The van der Waals surface area contributed by atoms with Crippen LogP contribution in [0.2, 0.25) is 10.0 Å². The fourth-order valence-corrected chi connectivity index (χ4v) is 2.23. The number of aliphatic carboxylic acids is 1. The van der Waals surface area contributed by atoms with Gasteiger partial charge in [-0.05, 0) is 12.1 Å². The highest BCUT2D eigenvalue weighted by molar-refractivity contribution is 6.37. The van der Waals surface area contributed by atoms with Crippen molar-refractivity contribution in [2.75, 3.05) is 0 Å². The second kappa shape index (κ2) is 5.59. The summed E-state index contributed by atoms with van der Waals surface area (Å²) in [4.78, 5) is 22.6. The van der Waals surface area contributed by atoms with Gasteiger partial charge in [-0.15, -0.1) is 0 Å². The second-order valence-electron chi connectivity index (χ2n) is 4.00. The highest BCUT2D eigenvalue weighted by Gasteiger charge is 2.25. The molecule has 19 heavy (non-hydrogen) atoms. The first-order valence-electron chi connectivity index (χ1n) is 5.53. The van der Waals surface area contributed by atoms with E-state index < -0.39 is 5.97 Å². The summed E-state index contributed by atoms with van der Waals surface area (Å²) >= 11 is 12.0. The Morgan fingerprint density at radius 3 is 2.53 bits per heavy atom. The first-order valence-corrected chi connectivity index (χ1v) is 6.28. The summed E-state index contributed by atoms with van der Waals surface area (Å²) in [7, 11) is 0. The van der Waals surface area contributed by atoms with Crippen molar-refractivity contribution in [3.05, 3.63) is 33.8 Å². The number of carbonyl (C=O) groups is 2. The minimum absolute atomic E-state index is 0.0391. The lowest BCUT2D eigenvalue weighted by molar-refractivity contribution is -0.133. The van der Waals surface area contributed by atoms with Gasteiger partial charge in [0.05, 0.1) is 6.54 Å². The molecule has 0 fully saturated rings. The third kappa shape index (κ3) is 3.05. The highest BCUT2D eigenvalue weighted by atomic mass is 35.5. The van der Waals surface area contributed by atoms with Crippen LogP contribution in [0.3, 0.4) is 0 Å². The summed E-state index contributed by atoms with van der Waals surface area (Å²) in [6, 6.07) is 5.00. The molecule has 0 bridgehead atoms. The number of hydrazone groups is 1. The molecule has 1 aliphatic rings. The molecule has 0 aliphatic carbocycles. The quantitative estimate of drug-likeness (QED) is 0.932. The topological polar surface area (TPSA) is 70.0 Å². The van der Waals surface area contributed by atoms with E-state index in [0.29, 0.717) is 15.6 Å². The Kier molecular flexibility index (Phi) is 4.07. The summed E-state index contributed by atoms with van der Waals surface area (Å²) in [5.41, 5.74) is 0.511. The summed E-state index contributed by atoms with van der Waals surface area (Å²) in [6.45, 7) is 0.0636. The molecule has 2 rings (SSSR count). The number of amides is 1. The number of carboxylic acids is 1. The van der Waals surface area contributed by atoms with Gasteiger partial charge in [0.25, 0.3) is 0 Å². The Morgan fingerprint density at radius 2 is 1.95 bits per heavy atom. The number of benzene rings is 1. The van der Waals surface area contributed by atoms with Gasteiger partial charge >= 0.3 is 5.97 Å². The lowest BCUT2D eigenvalue weighted by atomic mass is 10.1. The van der Waals surface area contributed by atoms with Crippen LogP contribution in [0.15, 0.2) is 23.3 Å². The molecule has 0 aromatic heterocycles. The predicted octanol–water partition coefficient (Wildman–Crippen LogP) is 2.56. The maximum Gasteiger partial charge on any atom is 0.352 e. The number of carboxylic acid groups (broad SMARTS) is 1. The summed E-state index contributed by atoms with van der Waals surface area (Å²) in [6.07, 6.45) is 0.258. The van der Waals surface area contributed by atoms with Crippen molar-refractivity contribution in [3.63, 3.8) is 0 Å². The van der Waals surface area contributed by atoms with Gasteiger partial charge in [0.1, 0.15) is 5.71 Å². The van der Waals surface area contributed by atoms with Gasteiger partial charge in [-0.2, -0.15) is 5.10 Å².